The van der Waals surface area contributed by atoms with Crippen LogP contribution in [0.5, 0.6) is 0 Å². The summed E-state index contributed by atoms with van der Waals surface area (Å²) < 4.78 is 0. The second-order valence-electron chi connectivity index (χ2n) is 4.44. The minimum Gasteiger partial charge on any atom is -0.382 e. The van der Waals surface area contributed by atoms with Crippen LogP contribution in [0.25, 0.3) is 11.0 Å². The normalized spacial score (nSPS) is 15.8. The SMILES string of the molecule is O=c1[nH]c2ccc(NC3CCC3)cc2[nH]c1=O. The monoisotopic (exact) mass is 231 g/mol. The number of aromatic amines is 2. The van der Waals surface area contributed by atoms with Crippen molar-refractivity contribution in [3.63, 3.8) is 0 Å². The maximum Gasteiger partial charge on any atom is 0.314 e. The standard InChI is InChI=1S/C12H13N3O2/c16-11-12(17)15-10-6-8(4-5-9(10)14-11)13-7-2-1-3-7/h4-7,13H,1-3H2,(H,14,16)(H,15,17). The molecular formula is C12H13N3O2. The van der Waals surface area contributed by atoms with E-state index in [0.717, 1.165) is 5.69 Å². The van der Waals surface area contributed by atoms with E-state index in [0.29, 0.717) is 17.1 Å². The Morgan fingerprint density at radius 2 is 1.76 bits per heavy atom. The van der Waals surface area contributed by atoms with Crippen LogP contribution < -0.4 is 16.4 Å². The van der Waals surface area contributed by atoms with Crippen LogP contribution in [-0.2, 0) is 0 Å². The summed E-state index contributed by atoms with van der Waals surface area (Å²) in [7, 11) is 0. The summed E-state index contributed by atoms with van der Waals surface area (Å²) >= 11 is 0. The molecule has 1 saturated carbocycles. The zero-order valence-electron chi connectivity index (χ0n) is 9.25. The van der Waals surface area contributed by atoms with Crippen molar-refractivity contribution in [3.8, 4) is 0 Å². The molecule has 0 radical (unpaired) electrons. The van der Waals surface area contributed by atoms with Crippen LogP contribution in [0.2, 0.25) is 0 Å². The summed E-state index contributed by atoms with van der Waals surface area (Å²) in [5.74, 6) is 0. The zero-order chi connectivity index (χ0) is 11.8. The highest BCUT2D eigenvalue weighted by Crippen LogP contribution is 2.24. The third-order valence-electron chi connectivity index (χ3n) is 3.20. The highest BCUT2D eigenvalue weighted by atomic mass is 16.2. The van der Waals surface area contributed by atoms with E-state index >= 15 is 0 Å². The van der Waals surface area contributed by atoms with Gasteiger partial charge in [-0.1, -0.05) is 0 Å². The Balaban J connectivity index is 2.02. The van der Waals surface area contributed by atoms with Crippen molar-refractivity contribution >= 4 is 16.7 Å². The molecule has 3 N–H and O–H groups in total. The molecule has 5 nitrogen and oxygen atoms in total. The van der Waals surface area contributed by atoms with Gasteiger partial charge in [-0.2, -0.15) is 0 Å². The molecular weight excluding hydrogens is 218 g/mol. The van der Waals surface area contributed by atoms with Crippen molar-refractivity contribution in [1.29, 1.82) is 0 Å². The lowest BCUT2D eigenvalue weighted by molar-refractivity contribution is 0.445. The van der Waals surface area contributed by atoms with Gasteiger partial charge in [0.15, 0.2) is 0 Å². The molecule has 0 bridgehead atoms. The van der Waals surface area contributed by atoms with Gasteiger partial charge in [0, 0.05) is 11.7 Å². The zero-order valence-corrected chi connectivity index (χ0v) is 9.25. The summed E-state index contributed by atoms with van der Waals surface area (Å²) in [6.07, 6.45) is 3.66. The van der Waals surface area contributed by atoms with Gasteiger partial charge in [0.2, 0.25) is 0 Å². The van der Waals surface area contributed by atoms with Crippen LogP contribution >= 0.6 is 0 Å². The van der Waals surface area contributed by atoms with Gasteiger partial charge < -0.3 is 15.3 Å². The van der Waals surface area contributed by atoms with Gasteiger partial charge in [-0.05, 0) is 37.5 Å². The number of fused-ring (bicyclic) bond motifs is 1. The van der Waals surface area contributed by atoms with E-state index in [1.807, 2.05) is 12.1 Å². The fourth-order valence-corrected chi connectivity index (χ4v) is 1.99. The van der Waals surface area contributed by atoms with E-state index < -0.39 is 11.1 Å². The quantitative estimate of drug-likeness (QED) is 0.679. The van der Waals surface area contributed by atoms with Crippen molar-refractivity contribution in [3.05, 3.63) is 38.9 Å². The second kappa shape index (κ2) is 3.76. The lowest BCUT2D eigenvalue weighted by atomic mass is 9.93. The molecule has 2 aromatic rings. The van der Waals surface area contributed by atoms with Crippen molar-refractivity contribution in [1.82, 2.24) is 9.97 Å². The minimum atomic E-state index is -0.614. The van der Waals surface area contributed by atoms with Gasteiger partial charge in [0.1, 0.15) is 0 Å². The molecule has 0 aliphatic heterocycles. The summed E-state index contributed by atoms with van der Waals surface area (Å²) in [4.78, 5) is 27.5. The average Bonchev–Trinajstić information content (AvgIpc) is 2.25. The number of hydrogen-bond acceptors (Lipinski definition) is 3. The van der Waals surface area contributed by atoms with Crippen molar-refractivity contribution < 1.29 is 0 Å². The van der Waals surface area contributed by atoms with Crippen LogP contribution in [0.3, 0.4) is 0 Å². The van der Waals surface area contributed by atoms with Crippen LogP contribution in [0.4, 0.5) is 5.69 Å². The van der Waals surface area contributed by atoms with Gasteiger partial charge in [0.05, 0.1) is 11.0 Å². The molecule has 1 aliphatic carbocycles. The van der Waals surface area contributed by atoms with Crippen LogP contribution in [0.15, 0.2) is 27.8 Å². The summed E-state index contributed by atoms with van der Waals surface area (Å²) in [6, 6.07) is 6.11. The molecule has 1 aliphatic rings. The van der Waals surface area contributed by atoms with E-state index in [1.54, 1.807) is 6.07 Å². The van der Waals surface area contributed by atoms with Crippen LogP contribution in [-0.4, -0.2) is 16.0 Å². The Kier molecular flexibility index (Phi) is 2.24. The molecule has 0 unspecified atom stereocenters. The fourth-order valence-electron chi connectivity index (χ4n) is 1.99. The Labute approximate surface area is 96.9 Å². The predicted octanol–water partition coefficient (Wildman–Crippen LogP) is 1.18. The van der Waals surface area contributed by atoms with Gasteiger partial charge in [-0.15, -0.1) is 0 Å². The summed E-state index contributed by atoms with van der Waals surface area (Å²) in [5.41, 5.74) is 1.05. The fraction of sp³-hybridized carbons (Fsp3) is 0.333. The van der Waals surface area contributed by atoms with E-state index in [-0.39, 0.29) is 0 Å². The molecule has 0 atom stereocenters. The van der Waals surface area contributed by atoms with Crippen molar-refractivity contribution in [2.75, 3.05) is 5.32 Å². The molecule has 1 heterocycles. The molecule has 1 fully saturated rings. The molecule has 17 heavy (non-hydrogen) atoms. The molecule has 1 aromatic heterocycles. The third kappa shape index (κ3) is 1.84. The van der Waals surface area contributed by atoms with Gasteiger partial charge >= 0.3 is 11.1 Å². The first-order valence-corrected chi connectivity index (χ1v) is 5.75. The minimum absolute atomic E-state index is 0.543. The maximum absolute atomic E-state index is 11.2. The molecule has 5 heteroatoms. The second-order valence-corrected chi connectivity index (χ2v) is 4.44. The van der Waals surface area contributed by atoms with E-state index in [1.165, 1.54) is 19.3 Å². The third-order valence-corrected chi connectivity index (χ3v) is 3.20. The smallest absolute Gasteiger partial charge is 0.314 e. The van der Waals surface area contributed by atoms with Crippen molar-refractivity contribution in [2.45, 2.75) is 25.3 Å². The van der Waals surface area contributed by atoms with Crippen LogP contribution in [0.1, 0.15) is 19.3 Å². The Morgan fingerprint density at radius 3 is 2.41 bits per heavy atom. The number of H-pyrrole nitrogens is 2. The van der Waals surface area contributed by atoms with E-state index in [4.69, 9.17) is 0 Å². The first-order valence-electron chi connectivity index (χ1n) is 5.75. The molecule has 0 amide bonds. The predicted molar refractivity (Wildman–Crippen MR) is 66.5 cm³/mol. The highest BCUT2D eigenvalue weighted by molar-refractivity contribution is 5.78. The Morgan fingerprint density at radius 1 is 1.06 bits per heavy atom. The first-order chi connectivity index (χ1) is 8.22. The lowest BCUT2D eigenvalue weighted by Crippen LogP contribution is -2.29. The molecule has 0 spiro atoms. The van der Waals surface area contributed by atoms with E-state index in [2.05, 4.69) is 15.3 Å². The topological polar surface area (TPSA) is 77.8 Å². The van der Waals surface area contributed by atoms with Gasteiger partial charge in [-0.3, -0.25) is 9.59 Å². The number of anilines is 1. The first kappa shape index (κ1) is 10.1. The van der Waals surface area contributed by atoms with Crippen LogP contribution in [0, 0.1) is 0 Å². The Bertz CT molecular complexity index is 667. The number of rotatable bonds is 2. The van der Waals surface area contributed by atoms with Gasteiger partial charge in [0.25, 0.3) is 0 Å². The Hall–Kier alpha value is -2.04. The van der Waals surface area contributed by atoms with Crippen molar-refractivity contribution in [2.24, 2.45) is 0 Å². The van der Waals surface area contributed by atoms with Gasteiger partial charge in [-0.25, -0.2) is 0 Å². The molecule has 88 valence electrons. The molecule has 0 saturated heterocycles. The lowest BCUT2D eigenvalue weighted by Gasteiger charge is -2.27. The number of nitrogens with one attached hydrogen (secondary N) is 3. The summed E-state index contributed by atoms with van der Waals surface area (Å²) in [5, 5.41) is 3.39. The molecule has 3 rings (SSSR count). The maximum atomic E-state index is 11.2. The largest absolute Gasteiger partial charge is 0.382 e. The number of benzene rings is 1. The highest BCUT2D eigenvalue weighted by Gasteiger charge is 2.16. The number of aromatic nitrogens is 2. The average molecular weight is 231 g/mol. The summed E-state index contributed by atoms with van der Waals surface area (Å²) in [6.45, 7) is 0. The number of hydrogen-bond donors (Lipinski definition) is 3. The molecule has 1 aromatic carbocycles. The van der Waals surface area contributed by atoms with E-state index in [9.17, 15) is 9.59 Å².